The van der Waals surface area contributed by atoms with Crippen molar-refractivity contribution in [2.24, 2.45) is 0 Å². The molecule has 1 amide bonds. The summed E-state index contributed by atoms with van der Waals surface area (Å²) in [5.74, 6) is -0.836. The first-order chi connectivity index (χ1) is 14.0. The summed E-state index contributed by atoms with van der Waals surface area (Å²) in [6.45, 7) is 0.790. The quantitative estimate of drug-likeness (QED) is 0.514. The van der Waals surface area contributed by atoms with Crippen LogP contribution in [0.5, 0.6) is 5.75 Å². The van der Waals surface area contributed by atoms with Crippen molar-refractivity contribution in [2.75, 3.05) is 18.5 Å². The molecular weight excluding hydrogens is 410 g/mol. The van der Waals surface area contributed by atoms with Crippen molar-refractivity contribution in [3.63, 3.8) is 0 Å². The highest BCUT2D eigenvalue weighted by Crippen LogP contribution is 2.26. The Kier molecular flexibility index (Phi) is 6.54. The number of ether oxygens (including phenoxy) is 2. The van der Waals surface area contributed by atoms with E-state index in [1.165, 1.54) is 24.3 Å². The Balaban J connectivity index is 1.93. The molecule has 2 aromatic rings. The molecule has 156 valence electrons. The molecule has 2 heterocycles. The van der Waals surface area contributed by atoms with Gasteiger partial charge in [-0.3, -0.25) is 4.79 Å². The van der Waals surface area contributed by atoms with Gasteiger partial charge in [0.2, 0.25) is 10.0 Å². The molecule has 3 rings (SSSR count). The van der Waals surface area contributed by atoms with E-state index in [0.717, 1.165) is 12.3 Å². The SMILES string of the molecule is BC(B)(B)Oc1ccc(S(=O)(=O)N[C@H]2CCOC2)cc1C(=O)Nc1ccc(F)cn1. The first-order valence-corrected chi connectivity index (χ1v) is 10.9. The summed E-state index contributed by atoms with van der Waals surface area (Å²) in [4.78, 5) is 16.6. The number of benzene rings is 1. The molecule has 0 radical (unpaired) electrons. The van der Waals surface area contributed by atoms with Crippen LogP contribution in [0.15, 0.2) is 41.4 Å². The number of hydrogen-bond donors (Lipinski definition) is 2. The van der Waals surface area contributed by atoms with Crippen LogP contribution in [-0.4, -0.2) is 67.4 Å². The van der Waals surface area contributed by atoms with Crippen LogP contribution in [0.25, 0.3) is 0 Å². The first-order valence-electron chi connectivity index (χ1n) is 9.39. The number of hydrogen-bond acceptors (Lipinski definition) is 6. The predicted molar refractivity (Wildman–Crippen MR) is 117 cm³/mol. The Morgan fingerprint density at radius 2 is 2.03 bits per heavy atom. The molecule has 1 atom stereocenters. The molecule has 8 nitrogen and oxygen atoms in total. The van der Waals surface area contributed by atoms with E-state index in [9.17, 15) is 17.6 Å². The van der Waals surface area contributed by atoms with Crippen LogP contribution < -0.4 is 14.8 Å². The largest absolute Gasteiger partial charge is 0.513 e. The van der Waals surface area contributed by atoms with Crippen molar-refractivity contribution >= 4 is 45.3 Å². The van der Waals surface area contributed by atoms with E-state index in [1.807, 2.05) is 23.5 Å². The second kappa shape index (κ2) is 8.79. The first kappa shape index (κ1) is 22.3. The zero-order chi connectivity index (χ0) is 21.9. The van der Waals surface area contributed by atoms with Crippen LogP contribution in [0.3, 0.4) is 0 Å². The number of pyridine rings is 1. The maximum Gasteiger partial charge on any atom is 0.260 e. The van der Waals surface area contributed by atoms with Gasteiger partial charge in [0.15, 0.2) is 0 Å². The van der Waals surface area contributed by atoms with E-state index in [4.69, 9.17) is 9.47 Å². The molecule has 0 saturated carbocycles. The standard InChI is InChI=1S/C17H21B3FN3O5S/c18-17(19,20)29-14-3-2-12(30(26,27)24-11-5-6-28-9-11)7-13(14)16(25)23-15-4-1-10(21)8-22-15/h1-4,7-8,11,24H,5-6,9,18-20H2,(H,22,23,25)/t11-/m0/s1. The van der Waals surface area contributed by atoms with Crippen molar-refractivity contribution in [2.45, 2.75) is 22.7 Å². The summed E-state index contributed by atoms with van der Waals surface area (Å²) in [7, 11) is 1.55. The van der Waals surface area contributed by atoms with Crippen LogP contribution >= 0.6 is 0 Å². The van der Waals surface area contributed by atoms with Crippen LogP contribution in [0.4, 0.5) is 10.2 Å². The van der Waals surface area contributed by atoms with Crippen molar-refractivity contribution in [1.82, 2.24) is 9.71 Å². The van der Waals surface area contributed by atoms with Crippen molar-refractivity contribution < 1.29 is 27.1 Å². The van der Waals surface area contributed by atoms with Crippen molar-refractivity contribution in [3.05, 3.63) is 47.9 Å². The predicted octanol–water partition coefficient (Wildman–Crippen LogP) is -1.57. The Morgan fingerprint density at radius 3 is 2.63 bits per heavy atom. The molecule has 2 N–H and O–H groups in total. The summed E-state index contributed by atoms with van der Waals surface area (Å²) in [5.41, 5.74) is 0.0154. The van der Waals surface area contributed by atoms with Gasteiger partial charge in [-0.05, 0) is 36.8 Å². The van der Waals surface area contributed by atoms with E-state index in [0.29, 0.717) is 19.6 Å². The summed E-state index contributed by atoms with van der Waals surface area (Å²) >= 11 is 0. The molecule has 0 unspecified atom stereocenters. The normalized spacial score (nSPS) is 16.9. The Labute approximate surface area is 177 Å². The van der Waals surface area contributed by atoms with Gasteiger partial charge < -0.3 is 14.8 Å². The molecule has 30 heavy (non-hydrogen) atoms. The fourth-order valence-corrected chi connectivity index (χ4v) is 4.10. The fourth-order valence-electron chi connectivity index (χ4n) is 2.82. The minimum absolute atomic E-state index is 0.0154. The van der Waals surface area contributed by atoms with Crippen molar-refractivity contribution in [1.29, 1.82) is 0 Å². The minimum Gasteiger partial charge on any atom is -0.513 e. The lowest BCUT2D eigenvalue weighted by Crippen LogP contribution is -2.38. The number of sulfonamides is 1. The average molecular weight is 431 g/mol. The molecule has 0 aliphatic carbocycles. The number of carbonyl (C=O) groups excluding carboxylic acids is 1. The monoisotopic (exact) mass is 431 g/mol. The van der Waals surface area contributed by atoms with Gasteiger partial charge in [0.1, 0.15) is 40.9 Å². The van der Waals surface area contributed by atoms with Gasteiger partial charge in [-0.2, -0.15) is 0 Å². The number of amides is 1. The van der Waals surface area contributed by atoms with Crippen LogP contribution in [0.2, 0.25) is 0 Å². The van der Waals surface area contributed by atoms with Gasteiger partial charge in [0, 0.05) is 17.9 Å². The highest BCUT2D eigenvalue weighted by molar-refractivity contribution is 7.89. The third-order valence-electron chi connectivity index (χ3n) is 4.14. The lowest BCUT2D eigenvalue weighted by Gasteiger charge is -2.24. The molecule has 13 heteroatoms. The molecule has 1 aromatic carbocycles. The number of aromatic nitrogens is 1. The van der Waals surface area contributed by atoms with E-state index < -0.39 is 27.0 Å². The third-order valence-corrected chi connectivity index (χ3v) is 5.66. The van der Waals surface area contributed by atoms with Crippen LogP contribution in [0, 0.1) is 5.82 Å². The number of anilines is 1. The number of carbonyl (C=O) groups is 1. The molecule has 1 saturated heterocycles. The fraction of sp³-hybridized carbons (Fsp3) is 0.294. The number of nitrogens with zero attached hydrogens (tertiary/aromatic N) is 1. The highest BCUT2D eigenvalue weighted by atomic mass is 32.2. The lowest BCUT2D eigenvalue weighted by molar-refractivity contribution is 0.102. The smallest absolute Gasteiger partial charge is 0.260 e. The summed E-state index contributed by atoms with van der Waals surface area (Å²) in [6, 6.07) is 6.21. The number of halogens is 1. The van der Waals surface area contributed by atoms with E-state index in [2.05, 4.69) is 15.0 Å². The molecular formula is C17H21B3FN3O5S. The second-order valence-electron chi connectivity index (χ2n) is 7.87. The molecule has 1 aliphatic rings. The summed E-state index contributed by atoms with van der Waals surface area (Å²) < 4.78 is 52.2. The maximum absolute atomic E-state index is 13.1. The zero-order valence-corrected chi connectivity index (χ0v) is 17.8. The second-order valence-corrected chi connectivity index (χ2v) is 9.58. The molecule has 1 fully saturated rings. The third kappa shape index (κ3) is 5.84. The molecule has 1 aromatic heterocycles. The van der Waals surface area contributed by atoms with Crippen molar-refractivity contribution in [3.8, 4) is 5.75 Å². The van der Waals surface area contributed by atoms with Gasteiger partial charge in [0.05, 0.1) is 23.3 Å². The van der Waals surface area contributed by atoms with Gasteiger partial charge in [-0.15, -0.1) is 0 Å². The van der Waals surface area contributed by atoms with Gasteiger partial charge >= 0.3 is 0 Å². The molecule has 0 bridgehead atoms. The summed E-state index contributed by atoms with van der Waals surface area (Å²) in [5, 5.41) is 1.91. The Morgan fingerprint density at radius 1 is 1.27 bits per heavy atom. The zero-order valence-electron chi connectivity index (χ0n) is 16.9. The molecule has 1 aliphatic heterocycles. The highest BCUT2D eigenvalue weighted by Gasteiger charge is 2.26. The Bertz CT molecular complexity index is 1030. The van der Waals surface area contributed by atoms with Crippen LogP contribution in [-0.2, 0) is 14.8 Å². The van der Waals surface area contributed by atoms with Gasteiger partial charge in [-0.1, -0.05) is 0 Å². The topological polar surface area (TPSA) is 107 Å². The average Bonchev–Trinajstić information content (AvgIpc) is 3.14. The van der Waals surface area contributed by atoms with E-state index in [1.54, 1.807) is 0 Å². The van der Waals surface area contributed by atoms with E-state index >= 15 is 0 Å². The van der Waals surface area contributed by atoms with Crippen LogP contribution in [0.1, 0.15) is 16.8 Å². The Hall–Kier alpha value is -2.37. The summed E-state index contributed by atoms with van der Waals surface area (Å²) in [6.07, 6.45) is 1.55. The molecule has 0 spiro atoms. The maximum atomic E-state index is 13.1. The lowest BCUT2D eigenvalue weighted by atomic mass is 9.52. The minimum atomic E-state index is -3.87. The van der Waals surface area contributed by atoms with E-state index in [-0.39, 0.29) is 28.1 Å². The van der Waals surface area contributed by atoms with Gasteiger partial charge in [0.25, 0.3) is 5.91 Å². The van der Waals surface area contributed by atoms with Gasteiger partial charge in [-0.25, -0.2) is 22.5 Å². The number of nitrogens with one attached hydrogen (secondary N) is 2. The number of rotatable bonds is 7.